The third-order valence-electron chi connectivity index (χ3n) is 3.50. The van der Waals surface area contributed by atoms with E-state index >= 15 is 0 Å². The van der Waals surface area contributed by atoms with Gasteiger partial charge in [-0.05, 0) is 19.8 Å². The second kappa shape index (κ2) is 12.1. The Morgan fingerprint density at radius 2 is 1.86 bits per heavy atom. The molecule has 1 fully saturated rings. The maximum atomic E-state index is 11.4. The van der Waals surface area contributed by atoms with E-state index in [9.17, 15) is 4.79 Å². The molecule has 5 nitrogen and oxygen atoms in total. The molecule has 1 saturated carbocycles. The lowest BCUT2D eigenvalue weighted by molar-refractivity contribution is -0.123. The van der Waals surface area contributed by atoms with Crippen molar-refractivity contribution in [2.75, 3.05) is 19.6 Å². The summed E-state index contributed by atoms with van der Waals surface area (Å²) >= 11 is 0. The van der Waals surface area contributed by atoms with Gasteiger partial charge in [0.25, 0.3) is 0 Å². The summed E-state index contributed by atoms with van der Waals surface area (Å²) < 4.78 is 0. The van der Waals surface area contributed by atoms with Crippen LogP contribution in [0.1, 0.15) is 52.9 Å². The van der Waals surface area contributed by atoms with E-state index in [4.69, 9.17) is 0 Å². The molecule has 1 amide bonds. The summed E-state index contributed by atoms with van der Waals surface area (Å²) in [5.41, 5.74) is 0. The standard InChI is InChI=1S/C15H30N4O.HI/c1-4-16-15(19-13-8-6-5-7-9-13)18-11-10-17-14(20)12(2)3;/h12-13H,4-11H2,1-3H3,(H,17,20)(H2,16,18,19);1H. The summed E-state index contributed by atoms with van der Waals surface area (Å²) in [6.45, 7) is 7.93. The number of hydrogen-bond acceptors (Lipinski definition) is 2. The molecule has 6 heteroatoms. The first kappa shape index (κ1) is 20.5. The van der Waals surface area contributed by atoms with Crippen LogP contribution in [-0.2, 0) is 4.79 Å². The number of carbonyl (C=O) groups excluding carboxylic acids is 1. The number of amides is 1. The Balaban J connectivity index is 0.00000400. The Kier molecular flexibility index (Phi) is 11.8. The number of guanidine groups is 1. The van der Waals surface area contributed by atoms with Crippen LogP contribution in [0.4, 0.5) is 0 Å². The van der Waals surface area contributed by atoms with Crippen molar-refractivity contribution in [3.63, 3.8) is 0 Å². The summed E-state index contributed by atoms with van der Waals surface area (Å²) in [6, 6.07) is 0.548. The van der Waals surface area contributed by atoms with E-state index in [2.05, 4.69) is 27.9 Å². The van der Waals surface area contributed by atoms with E-state index < -0.39 is 0 Å². The highest BCUT2D eigenvalue weighted by Gasteiger charge is 2.14. The summed E-state index contributed by atoms with van der Waals surface area (Å²) in [7, 11) is 0. The van der Waals surface area contributed by atoms with Gasteiger partial charge in [-0.15, -0.1) is 24.0 Å². The minimum Gasteiger partial charge on any atom is -0.357 e. The second-order valence-corrected chi connectivity index (χ2v) is 5.69. The molecule has 0 unspecified atom stereocenters. The van der Waals surface area contributed by atoms with Gasteiger partial charge in [0.05, 0.1) is 6.54 Å². The molecule has 1 aliphatic carbocycles. The molecule has 21 heavy (non-hydrogen) atoms. The van der Waals surface area contributed by atoms with Crippen LogP contribution in [-0.4, -0.2) is 37.5 Å². The highest BCUT2D eigenvalue weighted by atomic mass is 127. The highest BCUT2D eigenvalue weighted by Crippen LogP contribution is 2.17. The van der Waals surface area contributed by atoms with E-state index in [1.807, 2.05) is 13.8 Å². The molecule has 0 saturated heterocycles. The van der Waals surface area contributed by atoms with Gasteiger partial charge in [-0.25, -0.2) is 0 Å². The molecule has 1 aliphatic rings. The Labute approximate surface area is 146 Å². The highest BCUT2D eigenvalue weighted by molar-refractivity contribution is 14.0. The zero-order valence-corrected chi connectivity index (χ0v) is 15.9. The van der Waals surface area contributed by atoms with E-state index in [0.717, 1.165) is 12.5 Å². The van der Waals surface area contributed by atoms with Gasteiger partial charge >= 0.3 is 0 Å². The molecule has 0 aromatic heterocycles. The van der Waals surface area contributed by atoms with E-state index in [1.165, 1.54) is 32.1 Å². The molecule has 0 bridgehead atoms. The fourth-order valence-corrected chi connectivity index (χ4v) is 2.31. The van der Waals surface area contributed by atoms with Gasteiger partial charge in [0, 0.05) is 25.0 Å². The summed E-state index contributed by atoms with van der Waals surface area (Å²) in [5, 5.41) is 9.64. The molecule has 3 N–H and O–H groups in total. The molecular weight excluding hydrogens is 379 g/mol. The van der Waals surface area contributed by atoms with Crippen molar-refractivity contribution in [2.24, 2.45) is 10.9 Å². The number of hydrogen-bond donors (Lipinski definition) is 3. The van der Waals surface area contributed by atoms with Crippen LogP contribution < -0.4 is 16.0 Å². The predicted octanol–water partition coefficient (Wildman–Crippen LogP) is 2.26. The first-order valence-electron chi connectivity index (χ1n) is 7.96. The topological polar surface area (TPSA) is 65.5 Å². The maximum Gasteiger partial charge on any atom is 0.222 e. The van der Waals surface area contributed by atoms with Crippen molar-refractivity contribution < 1.29 is 4.79 Å². The Bertz CT molecular complexity index is 315. The third-order valence-corrected chi connectivity index (χ3v) is 3.50. The maximum absolute atomic E-state index is 11.4. The van der Waals surface area contributed by atoms with Crippen LogP contribution in [0.3, 0.4) is 0 Å². The van der Waals surface area contributed by atoms with Crippen LogP contribution >= 0.6 is 24.0 Å². The van der Waals surface area contributed by atoms with Crippen LogP contribution in [0.2, 0.25) is 0 Å². The lowest BCUT2D eigenvalue weighted by atomic mass is 9.96. The van der Waals surface area contributed by atoms with Crippen molar-refractivity contribution in [1.29, 1.82) is 0 Å². The average Bonchev–Trinajstić information content (AvgIpc) is 2.44. The number of carbonyl (C=O) groups is 1. The fraction of sp³-hybridized carbons (Fsp3) is 0.867. The fourth-order valence-electron chi connectivity index (χ4n) is 2.31. The Hall–Kier alpha value is -0.530. The normalized spacial score (nSPS) is 16.3. The molecule has 0 aliphatic heterocycles. The van der Waals surface area contributed by atoms with Crippen molar-refractivity contribution in [3.8, 4) is 0 Å². The second-order valence-electron chi connectivity index (χ2n) is 5.69. The van der Waals surface area contributed by atoms with Crippen LogP contribution in [0.15, 0.2) is 4.99 Å². The molecule has 0 heterocycles. The minimum atomic E-state index is 0. The van der Waals surface area contributed by atoms with Crippen LogP contribution in [0.5, 0.6) is 0 Å². The lowest BCUT2D eigenvalue weighted by Crippen LogP contribution is -2.44. The number of aliphatic imine (C=N–C) groups is 1. The third kappa shape index (κ3) is 9.16. The monoisotopic (exact) mass is 410 g/mol. The summed E-state index contributed by atoms with van der Waals surface area (Å²) in [4.78, 5) is 16.0. The van der Waals surface area contributed by atoms with Crippen molar-refractivity contribution in [2.45, 2.75) is 58.9 Å². The first-order chi connectivity index (χ1) is 9.63. The van der Waals surface area contributed by atoms with Crippen molar-refractivity contribution in [1.82, 2.24) is 16.0 Å². The molecule has 0 radical (unpaired) electrons. The molecule has 0 aromatic rings. The minimum absolute atomic E-state index is 0. The van der Waals surface area contributed by atoms with Gasteiger partial charge in [-0.1, -0.05) is 33.1 Å². The number of nitrogens with zero attached hydrogens (tertiary/aromatic N) is 1. The van der Waals surface area contributed by atoms with E-state index in [0.29, 0.717) is 19.1 Å². The molecule has 0 spiro atoms. The number of nitrogens with one attached hydrogen (secondary N) is 3. The number of rotatable bonds is 6. The van der Waals surface area contributed by atoms with Crippen LogP contribution in [0.25, 0.3) is 0 Å². The summed E-state index contributed by atoms with van der Waals surface area (Å²) in [6.07, 6.45) is 6.43. The SMILES string of the molecule is CCNC(=NCCNC(=O)C(C)C)NC1CCCCC1.I. The van der Waals surface area contributed by atoms with Gasteiger partial charge in [-0.3, -0.25) is 9.79 Å². The van der Waals surface area contributed by atoms with Gasteiger partial charge in [0.1, 0.15) is 0 Å². The van der Waals surface area contributed by atoms with Gasteiger partial charge in [0.2, 0.25) is 5.91 Å². The first-order valence-corrected chi connectivity index (χ1v) is 7.96. The van der Waals surface area contributed by atoms with E-state index in [-0.39, 0.29) is 35.8 Å². The Morgan fingerprint density at radius 3 is 2.43 bits per heavy atom. The quantitative estimate of drug-likeness (QED) is 0.273. The zero-order valence-electron chi connectivity index (χ0n) is 13.6. The van der Waals surface area contributed by atoms with Gasteiger partial charge in [-0.2, -0.15) is 0 Å². The largest absolute Gasteiger partial charge is 0.357 e. The average molecular weight is 410 g/mol. The molecule has 1 rings (SSSR count). The number of halogens is 1. The lowest BCUT2D eigenvalue weighted by Gasteiger charge is -2.24. The van der Waals surface area contributed by atoms with Crippen LogP contribution in [0, 0.1) is 5.92 Å². The van der Waals surface area contributed by atoms with Crippen molar-refractivity contribution >= 4 is 35.8 Å². The molecule has 0 atom stereocenters. The van der Waals surface area contributed by atoms with Gasteiger partial charge < -0.3 is 16.0 Å². The van der Waals surface area contributed by atoms with E-state index in [1.54, 1.807) is 0 Å². The van der Waals surface area contributed by atoms with Gasteiger partial charge in [0.15, 0.2) is 5.96 Å². The zero-order chi connectivity index (χ0) is 14.8. The smallest absolute Gasteiger partial charge is 0.222 e. The van der Waals surface area contributed by atoms with Crippen molar-refractivity contribution in [3.05, 3.63) is 0 Å². The summed E-state index contributed by atoms with van der Waals surface area (Å²) in [5.74, 6) is 0.996. The Morgan fingerprint density at radius 1 is 1.19 bits per heavy atom. The molecular formula is C15H31IN4O. The predicted molar refractivity (Wildman–Crippen MR) is 99.3 cm³/mol. The molecule has 124 valence electrons. The molecule has 0 aromatic carbocycles.